The molecule has 0 aromatic carbocycles. The first kappa shape index (κ1) is 27.6. The Labute approximate surface area is 163 Å². The van der Waals surface area contributed by atoms with E-state index in [4.69, 9.17) is 10.5 Å². The fourth-order valence-corrected chi connectivity index (χ4v) is 2.62. The third-order valence-corrected chi connectivity index (χ3v) is 5.08. The molecule has 0 saturated carbocycles. The van der Waals surface area contributed by atoms with E-state index < -0.39 is 0 Å². The Kier molecular flexibility index (Phi) is 19.1. The van der Waals surface area contributed by atoms with E-state index >= 15 is 0 Å². The molecule has 131 valence electrons. The molecule has 3 unspecified atom stereocenters. The van der Waals surface area contributed by atoms with Crippen molar-refractivity contribution in [2.24, 2.45) is 10.8 Å². The van der Waals surface area contributed by atoms with Crippen LogP contribution in [0, 0.1) is 10.8 Å². The molecule has 0 bridgehead atoms. The van der Waals surface area contributed by atoms with Crippen molar-refractivity contribution in [3.8, 4) is 0 Å². The van der Waals surface area contributed by atoms with E-state index in [9.17, 15) is 5.11 Å². The molecule has 1 rings (SSSR count). The van der Waals surface area contributed by atoms with Gasteiger partial charge in [0.2, 0.25) is 0 Å². The van der Waals surface area contributed by atoms with Crippen LogP contribution in [-0.4, -0.2) is 21.7 Å². The minimum absolute atomic E-state index is 0. The predicted octanol–water partition coefficient (Wildman–Crippen LogP) is 5.74. The molecule has 0 aromatic rings. The quantitative estimate of drug-likeness (QED) is 0.318. The smallest absolute Gasteiger partial charge is 0.0565 e. The maximum atomic E-state index is 9.40. The Morgan fingerprint density at radius 3 is 1.95 bits per heavy atom. The van der Waals surface area contributed by atoms with Crippen LogP contribution in [0.2, 0.25) is 0 Å². The third kappa shape index (κ3) is 11.3. The minimum atomic E-state index is -0.169. The molecule has 1 radical (unpaired) electrons. The van der Waals surface area contributed by atoms with Gasteiger partial charge in [-0.05, 0) is 56.3 Å². The van der Waals surface area contributed by atoms with Crippen LogP contribution in [0.4, 0.5) is 0 Å². The second-order valence-corrected chi connectivity index (χ2v) is 6.74. The number of aliphatic hydroxyl groups excluding tert-OH is 1. The van der Waals surface area contributed by atoms with Crippen molar-refractivity contribution in [2.45, 2.75) is 92.6 Å². The minimum Gasteiger partial charge on any atom is -0.393 e. The van der Waals surface area contributed by atoms with Crippen LogP contribution >= 0.6 is 0 Å². The molecule has 0 heterocycles. The fraction of sp³-hybridized carbons (Fsp3) is 0.889. The van der Waals surface area contributed by atoms with Gasteiger partial charge in [0.05, 0.1) is 6.10 Å². The van der Waals surface area contributed by atoms with Gasteiger partial charge in [-0.25, -0.2) is 0 Å². The van der Waals surface area contributed by atoms with E-state index in [-0.39, 0.29) is 44.2 Å². The van der Waals surface area contributed by atoms with Gasteiger partial charge in [-0.15, -0.1) is 0 Å². The summed E-state index contributed by atoms with van der Waals surface area (Å²) in [5.41, 5.74) is 0.688. The molecule has 3 atom stereocenters. The Morgan fingerprint density at radius 1 is 1.23 bits per heavy atom. The Morgan fingerprint density at radius 2 is 1.77 bits per heavy atom. The number of aliphatic hydroxyl groups is 1. The summed E-state index contributed by atoms with van der Waals surface area (Å²) in [6.07, 6.45) is 13.3. The van der Waals surface area contributed by atoms with Crippen molar-refractivity contribution in [2.75, 3.05) is 0 Å². The maximum Gasteiger partial charge on any atom is 0.0565 e. The Balaban J connectivity index is -0.000000284. The number of hydrogen-bond acceptors (Lipinski definition) is 3. The van der Waals surface area contributed by atoms with Crippen molar-refractivity contribution in [3.63, 3.8) is 0 Å². The van der Waals surface area contributed by atoms with E-state index in [0.29, 0.717) is 5.41 Å². The summed E-state index contributed by atoms with van der Waals surface area (Å²) in [5, 5.41) is 21.4. The molecule has 0 aromatic heterocycles. The molecule has 1 aliphatic carbocycles. The summed E-state index contributed by atoms with van der Waals surface area (Å²) < 4.78 is 0. The van der Waals surface area contributed by atoms with Gasteiger partial charge in [0, 0.05) is 32.7 Å². The SMILES string of the molecule is CCC1(C)C=CCCC1.CCCC(C)(CC)C(C)O.OO.[Y]. The molecule has 4 heteroatoms. The molecule has 22 heavy (non-hydrogen) atoms. The average Bonchev–Trinajstić information content (AvgIpc) is 2.50. The Bertz CT molecular complexity index is 269. The molecular formula is C18H38O3Y. The van der Waals surface area contributed by atoms with E-state index in [2.05, 4.69) is 46.8 Å². The van der Waals surface area contributed by atoms with Crippen molar-refractivity contribution in [1.29, 1.82) is 0 Å². The number of hydrogen-bond donors (Lipinski definition) is 3. The van der Waals surface area contributed by atoms with E-state index in [0.717, 1.165) is 19.3 Å². The zero-order valence-corrected chi connectivity index (χ0v) is 18.4. The van der Waals surface area contributed by atoms with E-state index in [1.165, 1.54) is 25.7 Å². The summed E-state index contributed by atoms with van der Waals surface area (Å²) >= 11 is 0. The monoisotopic (exact) mass is 391 g/mol. The molecule has 0 amide bonds. The van der Waals surface area contributed by atoms with Crippen LogP contribution in [0.1, 0.15) is 86.5 Å². The predicted molar refractivity (Wildman–Crippen MR) is 91.6 cm³/mol. The van der Waals surface area contributed by atoms with Gasteiger partial charge in [0.25, 0.3) is 0 Å². The topological polar surface area (TPSA) is 60.7 Å². The summed E-state index contributed by atoms with van der Waals surface area (Å²) in [6.45, 7) is 13.0. The van der Waals surface area contributed by atoms with Gasteiger partial charge in [-0.2, -0.15) is 0 Å². The van der Waals surface area contributed by atoms with Crippen molar-refractivity contribution in [1.82, 2.24) is 0 Å². The molecule has 0 spiro atoms. The summed E-state index contributed by atoms with van der Waals surface area (Å²) in [4.78, 5) is 0. The van der Waals surface area contributed by atoms with E-state index in [1.807, 2.05) is 6.92 Å². The zero-order valence-electron chi connectivity index (χ0n) is 15.6. The molecular weight excluding hydrogens is 353 g/mol. The van der Waals surface area contributed by atoms with Crippen LogP contribution in [0.3, 0.4) is 0 Å². The average molecular weight is 391 g/mol. The van der Waals surface area contributed by atoms with Crippen LogP contribution in [-0.2, 0) is 32.7 Å². The largest absolute Gasteiger partial charge is 0.393 e. The molecule has 3 N–H and O–H groups in total. The molecule has 0 aliphatic heterocycles. The normalized spacial score (nSPS) is 23.7. The third-order valence-electron chi connectivity index (χ3n) is 5.08. The first-order chi connectivity index (χ1) is 9.83. The first-order valence-corrected chi connectivity index (χ1v) is 8.39. The second-order valence-electron chi connectivity index (χ2n) is 6.74. The standard InChI is InChI=1S/C9H20O.C9H16.H2O2.Y/c1-5-7-9(4,6-2)8(3)10;1-3-9(2)7-5-4-6-8-9;1-2;/h8,10H,5-7H2,1-4H3;5,7H,3-4,6,8H2,1-2H3;1-2H;. The molecule has 0 saturated heterocycles. The van der Waals surface area contributed by atoms with Gasteiger partial charge in [0.15, 0.2) is 0 Å². The fourth-order valence-electron chi connectivity index (χ4n) is 2.62. The van der Waals surface area contributed by atoms with Crippen LogP contribution < -0.4 is 0 Å². The van der Waals surface area contributed by atoms with Crippen molar-refractivity contribution < 1.29 is 48.3 Å². The summed E-state index contributed by atoms with van der Waals surface area (Å²) in [6, 6.07) is 0. The Hall–Kier alpha value is 0.724. The first-order valence-electron chi connectivity index (χ1n) is 8.39. The maximum absolute atomic E-state index is 9.40. The van der Waals surface area contributed by atoms with Gasteiger partial charge in [0.1, 0.15) is 0 Å². The molecule has 0 fully saturated rings. The summed E-state index contributed by atoms with van der Waals surface area (Å²) in [7, 11) is 0. The van der Waals surface area contributed by atoms with Crippen molar-refractivity contribution >= 4 is 0 Å². The van der Waals surface area contributed by atoms with Gasteiger partial charge in [-0.3, -0.25) is 10.5 Å². The van der Waals surface area contributed by atoms with Gasteiger partial charge in [-0.1, -0.05) is 53.2 Å². The van der Waals surface area contributed by atoms with Gasteiger partial charge < -0.3 is 5.11 Å². The zero-order chi connectivity index (χ0) is 16.9. The van der Waals surface area contributed by atoms with Crippen LogP contribution in [0.5, 0.6) is 0 Å². The van der Waals surface area contributed by atoms with E-state index in [1.54, 1.807) is 0 Å². The number of allylic oxidation sites excluding steroid dienone is 2. The second kappa shape index (κ2) is 15.3. The van der Waals surface area contributed by atoms with Crippen LogP contribution in [0.15, 0.2) is 12.2 Å². The summed E-state index contributed by atoms with van der Waals surface area (Å²) in [5.74, 6) is 0. The van der Waals surface area contributed by atoms with Crippen LogP contribution in [0.25, 0.3) is 0 Å². The number of rotatable bonds is 5. The van der Waals surface area contributed by atoms with Crippen molar-refractivity contribution in [3.05, 3.63) is 12.2 Å². The molecule has 1 aliphatic rings. The van der Waals surface area contributed by atoms with Gasteiger partial charge >= 0.3 is 0 Å². The molecule has 3 nitrogen and oxygen atoms in total.